The second-order valence-electron chi connectivity index (χ2n) is 12.9. The maximum Gasteiger partial charge on any atom is 0.306 e. The van der Waals surface area contributed by atoms with E-state index in [0.717, 1.165) is 44.5 Å². The topological polar surface area (TPSA) is 105 Å². The van der Waals surface area contributed by atoms with E-state index < -0.39 is 0 Å². The number of benzene rings is 1. The molecule has 2 saturated heterocycles. The lowest BCUT2D eigenvalue weighted by Gasteiger charge is -2.26. The number of nitrogens with zero attached hydrogens (tertiary/aromatic N) is 4. The smallest absolute Gasteiger partial charge is 0.306 e. The zero-order valence-electron chi connectivity index (χ0n) is 26.3. The fourth-order valence-electron chi connectivity index (χ4n) is 7.20. The van der Waals surface area contributed by atoms with Crippen molar-refractivity contribution in [2.75, 3.05) is 32.7 Å². The molecule has 3 fully saturated rings. The molecule has 1 saturated carbocycles. The van der Waals surface area contributed by atoms with Gasteiger partial charge in [-0.25, -0.2) is 14.4 Å². The zero-order chi connectivity index (χ0) is 31.2. The Bertz CT molecular complexity index is 1300. The van der Waals surface area contributed by atoms with Gasteiger partial charge in [-0.05, 0) is 75.5 Å². The first-order valence-electron chi connectivity index (χ1n) is 16.3. The summed E-state index contributed by atoms with van der Waals surface area (Å²) in [6, 6.07) is 6.14. The van der Waals surface area contributed by atoms with Gasteiger partial charge in [0, 0.05) is 45.1 Å². The lowest BCUT2D eigenvalue weighted by molar-refractivity contribution is -0.149. The summed E-state index contributed by atoms with van der Waals surface area (Å²) in [5, 5.41) is 3.21. The summed E-state index contributed by atoms with van der Waals surface area (Å²) < 4.78 is 19.9. The third-order valence-corrected chi connectivity index (χ3v) is 9.63. The molecule has 0 spiro atoms. The molecule has 44 heavy (non-hydrogen) atoms. The number of aromatic nitrogens is 2. The summed E-state index contributed by atoms with van der Waals surface area (Å²) in [5.74, 6) is 0.00812. The van der Waals surface area contributed by atoms with Gasteiger partial charge in [-0.2, -0.15) is 0 Å². The Kier molecular flexibility index (Phi) is 10.6. The van der Waals surface area contributed by atoms with Crippen LogP contribution in [0.25, 0.3) is 0 Å². The van der Waals surface area contributed by atoms with Crippen LogP contribution >= 0.6 is 0 Å². The number of likely N-dealkylation sites (tertiary alicyclic amines) is 2. The van der Waals surface area contributed by atoms with Crippen LogP contribution in [0.15, 0.2) is 30.6 Å². The molecule has 5 rings (SSSR count). The molecular weight excluding hydrogens is 561 g/mol. The first-order chi connectivity index (χ1) is 21.2. The van der Waals surface area contributed by atoms with Crippen molar-refractivity contribution in [2.24, 2.45) is 17.8 Å². The van der Waals surface area contributed by atoms with Crippen LogP contribution < -0.4 is 5.32 Å². The Morgan fingerprint density at radius 2 is 1.77 bits per heavy atom. The van der Waals surface area contributed by atoms with Crippen LogP contribution in [0.5, 0.6) is 0 Å². The van der Waals surface area contributed by atoms with Crippen molar-refractivity contribution in [3.05, 3.63) is 58.9 Å². The maximum absolute atomic E-state index is 14.2. The SMILES string of the molecule is CCCCCC(=O)O[C@@H]1CC[C@@H](C(=O)N[C@@H](CCN2CC3CN(C(=O)c4c(C)ncnc4C)CC3C2)c2cccc(F)c2)C1. The van der Waals surface area contributed by atoms with Crippen molar-refractivity contribution in [1.29, 1.82) is 0 Å². The number of amides is 2. The van der Waals surface area contributed by atoms with Crippen molar-refractivity contribution in [1.82, 2.24) is 25.1 Å². The molecule has 238 valence electrons. The largest absolute Gasteiger partial charge is 0.462 e. The van der Waals surface area contributed by atoms with E-state index in [1.165, 1.54) is 18.5 Å². The molecule has 1 N–H and O–H groups in total. The van der Waals surface area contributed by atoms with Crippen molar-refractivity contribution >= 4 is 17.8 Å². The molecule has 1 aliphatic carbocycles. The number of hydrogen-bond acceptors (Lipinski definition) is 7. The highest BCUT2D eigenvalue weighted by Crippen LogP contribution is 2.34. The van der Waals surface area contributed by atoms with Gasteiger partial charge in [-0.15, -0.1) is 0 Å². The molecule has 2 unspecified atom stereocenters. The van der Waals surface area contributed by atoms with Crippen LogP contribution in [-0.2, 0) is 14.3 Å². The molecular formula is C34H46FN5O4. The zero-order valence-corrected chi connectivity index (χ0v) is 26.3. The number of aryl methyl sites for hydroxylation is 2. The van der Waals surface area contributed by atoms with Crippen LogP contribution in [0.3, 0.4) is 0 Å². The van der Waals surface area contributed by atoms with Crippen molar-refractivity contribution in [3.8, 4) is 0 Å². The minimum absolute atomic E-state index is 0.0100. The molecule has 2 aromatic rings. The van der Waals surface area contributed by atoms with E-state index >= 15 is 0 Å². The number of carbonyl (C=O) groups is 3. The second-order valence-corrected chi connectivity index (χ2v) is 12.9. The summed E-state index contributed by atoms with van der Waals surface area (Å²) in [4.78, 5) is 51.6. The van der Waals surface area contributed by atoms with Gasteiger partial charge in [-0.1, -0.05) is 31.9 Å². The lowest BCUT2D eigenvalue weighted by Crippen LogP contribution is -2.37. The quantitative estimate of drug-likeness (QED) is 0.274. The van der Waals surface area contributed by atoms with Gasteiger partial charge < -0.3 is 19.9 Å². The number of halogens is 1. The van der Waals surface area contributed by atoms with E-state index in [1.54, 1.807) is 6.07 Å². The minimum Gasteiger partial charge on any atom is -0.462 e. The van der Waals surface area contributed by atoms with E-state index in [-0.39, 0.29) is 41.7 Å². The van der Waals surface area contributed by atoms with Crippen molar-refractivity contribution in [2.45, 2.75) is 84.3 Å². The molecule has 5 atom stereocenters. The van der Waals surface area contributed by atoms with Gasteiger partial charge in [0.2, 0.25) is 5.91 Å². The van der Waals surface area contributed by atoms with Gasteiger partial charge in [0.25, 0.3) is 5.91 Å². The van der Waals surface area contributed by atoms with E-state index in [1.807, 2.05) is 24.8 Å². The highest BCUT2D eigenvalue weighted by Gasteiger charge is 2.42. The lowest BCUT2D eigenvalue weighted by atomic mass is 10.0. The normalized spacial score (nSPS) is 23.9. The Morgan fingerprint density at radius 1 is 1.05 bits per heavy atom. The average Bonchev–Trinajstić information content (AvgIpc) is 3.71. The van der Waals surface area contributed by atoms with Crippen LogP contribution in [0.1, 0.15) is 91.6 Å². The number of ether oxygens (including phenoxy) is 1. The molecule has 2 amide bonds. The number of rotatable bonds is 12. The Morgan fingerprint density at radius 3 is 2.45 bits per heavy atom. The number of carbonyl (C=O) groups excluding carboxylic acids is 3. The summed E-state index contributed by atoms with van der Waals surface area (Å²) in [6.45, 7) is 9.75. The molecule has 0 radical (unpaired) electrons. The Hall–Kier alpha value is -3.40. The number of esters is 1. The fourth-order valence-corrected chi connectivity index (χ4v) is 7.20. The van der Waals surface area contributed by atoms with Gasteiger partial charge in [0.05, 0.1) is 23.0 Å². The monoisotopic (exact) mass is 607 g/mol. The van der Waals surface area contributed by atoms with Crippen LogP contribution in [0.2, 0.25) is 0 Å². The predicted octanol–water partition coefficient (Wildman–Crippen LogP) is 4.78. The molecule has 1 aromatic heterocycles. The molecule has 2 aliphatic heterocycles. The summed E-state index contributed by atoms with van der Waals surface area (Å²) in [6.07, 6.45) is 7.14. The highest BCUT2D eigenvalue weighted by atomic mass is 19.1. The van der Waals surface area contributed by atoms with Crippen molar-refractivity contribution < 1.29 is 23.5 Å². The van der Waals surface area contributed by atoms with Gasteiger partial charge in [-0.3, -0.25) is 14.4 Å². The van der Waals surface area contributed by atoms with E-state index in [4.69, 9.17) is 4.74 Å². The van der Waals surface area contributed by atoms with Crippen molar-refractivity contribution in [3.63, 3.8) is 0 Å². The summed E-state index contributed by atoms with van der Waals surface area (Å²) >= 11 is 0. The van der Waals surface area contributed by atoms with E-state index in [0.29, 0.717) is 74.0 Å². The average molecular weight is 608 g/mol. The number of nitrogens with one attached hydrogen (secondary N) is 1. The number of hydrogen-bond donors (Lipinski definition) is 1. The highest BCUT2D eigenvalue weighted by molar-refractivity contribution is 5.96. The van der Waals surface area contributed by atoms with Gasteiger partial charge in [0.15, 0.2) is 0 Å². The van der Waals surface area contributed by atoms with Crippen LogP contribution in [0.4, 0.5) is 4.39 Å². The third kappa shape index (κ3) is 7.81. The molecule has 3 aliphatic rings. The Labute approximate surface area is 260 Å². The maximum atomic E-state index is 14.2. The molecule has 9 nitrogen and oxygen atoms in total. The standard InChI is InChI=1S/C34H46FN5O4/c1-4-5-6-10-31(41)44-29-12-11-25(16-29)33(42)38-30(24-8-7-9-28(35)15-24)13-14-39-17-26-19-40(20-27(26)18-39)34(43)32-22(2)36-21-37-23(32)3/h7-9,15,21,25-27,29-30H,4-6,10-14,16-20H2,1-3H3,(H,38,42)/t25-,26?,27?,29-,30+/m1/s1. The van der Waals surface area contributed by atoms with E-state index in [9.17, 15) is 18.8 Å². The Balaban J connectivity index is 1.14. The number of fused-ring (bicyclic) bond motifs is 1. The van der Waals surface area contributed by atoms with Crippen LogP contribution in [-0.4, -0.2) is 76.4 Å². The van der Waals surface area contributed by atoms with Crippen LogP contribution in [0, 0.1) is 37.4 Å². The van der Waals surface area contributed by atoms with E-state index in [2.05, 4.69) is 27.1 Å². The first-order valence-corrected chi connectivity index (χ1v) is 16.3. The fraction of sp³-hybridized carbons (Fsp3) is 0.618. The predicted molar refractivity (Wildman–Crippen MR) is 164 cm³/mol. The first kappa shape index (κ1) is 32.0. The third-order valence-electron chi connectivity index (χ3n) is 9.63. The van der Waals surface area contributed by atoms with Gasteiger partial charge >= 0.3 is 5.97 Å². The summed E-state index contributed by atoms with van der Waals surface area (Å²) in [5.41, 5.74) is 2.78. The summed E-state index contributed by atoms with van der Waals surface area (Å²) in [7, 11) is 0. The molecule has 3 heterocycles. The minimum atomic E-state index is -0.326. The molecule has 10 heteroatoms. The molecule has 0 bridgehead atoms. The molecule has 1 aromatic carbocycles. The number of unbranched alkanes of at least 4 members (excludes halogenated alkanes) is 2. The van der Waals surface area contributed by atoms with Gasteiger partial charge in [0.1, 0.15) is 18.2 Å². The second kappa shape index (κ2) is 14.6.